The maximum Gasteiger partial charge on any atom is 0.254 e. The summed E-state index contributed by atoms with van der Waals surface area (Å²) in [5.41, 5.74) is 2.27. The van der Waals surface area contributed by atoms with E-state index in [1.165, 1.54) is 0 Å². The number of aromatic nitrogens is 1. The van der Waals surface area contributed by atoms with E-state index in [1.807, 2.05) is 30.0 Å². The van der Waals surface area contributed by atoms with Crippen molar-refractivity contribution in [3.63, 3.8) is 0 Å². The number of pyridine rings is 1. The first kappa shape index (κ1) is 16.3. The predicted octanol–water partition coefficient (Wildman–Crippen LogP) is 5.06. The van der Waals surface area contributed by atoms with E-state index in [9.17, 15) is 4.79 Å². The third kappa shape index (κ3) is 3.36. The van der Waals surface area contributed by atoms with Gasteiger partial charge in [0.1, 0.15) is 0 Å². The molecule has 0 saturated carbocycles. The first-order valence-electron chi connectivity index (χ1n) is 7.75. The van der Waals surface area contributed by atoms with Crippen LogP contribution in [0.15, 0.2) is 36.5 Å². The van der Waals surface area contributed by atoms with Gasteiger partial charge in [-0.05, 0) is 56.0 Å². The van der Waals surface area contributed by atoms with Crippen molar-refractivity contribution >= 4 is 29.1 Å². The van der Waals surface area contributed by atoms with E-state index < -0.39 is 0 Å². The maximum atomic E-state index is 13.0. The summed E-state index contributed by atoms with van der Waals surface area (Å²) in [5.74, 6) is -0.0378. The second-order valence-corrected chi connectivity index (χ2v) is 6.64. The van der Waals surface area contributed by atoms with Gasteiger partial charge in [0.25, 0.3) is 5.91 Å². The molecule has 5 heteroatoms. The van der Waals surface area contributed by atoms with Crippen molar-refractivity contribution in [1.29, 1.82) is 0 Å². The highest BCUT2D eigenvalue weighted by atomic mass is 35.5. The van der Waals surface area contributed by atoms with Gasteiger partial charge in [-0.3, -0.25) is 9.78 Å². The highest BCUT2D eigenvalue weighted by Gasteiger charge is 2.29. The number of likely N-dealkylation sites (tertiary alicyclic amines) is 1. The molecule has 1 aromatic carbocycles. The smallest absolute Gasteiger partial charge is 0.254 e. The van der Waals surface area contributed by atoms with Crippen LogP contribution in [0.2, 0.25) is 10.0 Å². The quantitative estimate of drug-likeness (QED) is 0.759. The molecule has 1 fully saturated rings. The monoisotopic (exact) mass is 348 g/mol. The molecule has 2 heterocycles. The van der Waals surface area contributed by atoms with Gasteiger partial charge in [0.15, 0.2) is 0 Å². The lowest BCUT2D eigenvalue weighted by Crippen LogP contribution is -2.38. The Morgan fingerprint density at radius 3 is 2.61 bits per heavy atom. The standard InChI is InChI=1S/C18H18Cl2N2O/c1-12-14(19)10-13(11-15(12)20)18(23)22-9-5-3-7-17(22)16-6-2-4-8-21-16/h2,4,6,8,10-11,17H,3,5,7,9H2,1H3. The highest BCUT2D eigenvalue weighted by Crippen LogP contribution is 2.32. The zero-order valence-electron chi connectivity index (χ0n) is 12.9. The fourth-order valence-electron chi connectivity index (χ4n) is 2.99. The zero-order valence-corrected chi connectivity index (χ0v) is 14.4. The van der Waals surface area contributed by atoms with Crippen LogP contribution in [0.5, 0.6) is 0 Å². The molecule has 1 saturated heterocycles. The number of carbonyl (C=O) groups excluding carboxylic acids is 1. The third-order valence-corrected chi connectivity index (χ3v) is 5.11. The van der Waals surface area contributed by atoms with Gasteiger partial charge in [-0.1, -0.05) is 29.3 Å². The Kier molecular flexibility index (Phi) is 4.88. The number of piperidine rings is 1. The number of benzene rings is 1. The first-order valence-corrected chi connectivity index (χ1v) is 8.51. The zero-order chi connectivity index (χ0) is 16.4. The van der Waals surface area contributed by atoms with Gasteiger partial charge in [-0.15, -0.1) is 0 Å². The molecule has 1 amide bonds. The summed E-state index contributed by atoms with van der Waals surface area (Å²) in [6.07, 6.45) is 4.80. The number of halogens is 2. The minimum atomic E-state index is -0.0378. The summed E-state index contributed by atoms with van der Waals surface area (Å²) in [7, 11) is 0. The van der Waals surface area contributed by atoms with Crippen molar-refractivity contribution in [1.82, 2.24) is 9.88 Å². The molecule has 1 atom stereocenters. The Bertz CT molecular complexity index is 695. The number of amides is 1. The molecule has 0 spiro atoms. The van der Waals surface area contributed by atoms with Crippen LogP contribution < -0.4 is 0 Å². The lowest BCUT2D eigenvalue weighted by atomic mass is 9.97. The van der Waals surface area contributed by atoms with E-state index in [2.05, 4.69) is 4.98 Å². The molecule has 1 unspecified atom stereocenters. The van der Waals surface area contributed by atoms with Gasteiger partial charge >= 0.3 is 0 Å². The lowest BCUT2D eigenvalue weighted by molar-refractivity contribution is 0.0606. The Hall–Kier alpha value is -1.58. The van der Waals surface area contributed by atoms with Crippen molar-refractivity contribution in [2.75, 3.05) is 6.54 Å². The summed E-state index contributed by atoms with van der Waals surface area (Å²) in [6.45, 7) is 2.57. The number of carbonyl (C=O) groups is 1. The Morgan fingerprint density at radius 1 is 1.22 bits per heavy atom. The number of hydrogen-bond acceptors (Lipinski definition) is 2. The fraction of sp³-hybridized carbons (Fsp3) is 0.333. The number of hydrogen-bond donors (Lipinski definition) is 0. The largest absolute Gasteiger partial charge is 0.330 e. The van der Waals surface area contributed by atoms with Gasteiger partial charge in [0.2, 0.25) is 0 Å². The van der Waals surface area contributed by atoms with Crippen molar-refractivity contribution in [2.24, 2.45) is 0 Å². The van der Waals surface area contributed by atoms with Gasteiger partial charge in [0.05, 0.1) is 11.7 Å². The van der Waals surface area contributed by atoms with Crippen LogP contribution in [0.4, 0.5) is 0 Å². The highest BCUT2D eigenvalue weighted by molar-refractivity contribution is 6.36. The first-order chi connectivity index (χ1) is 11.1. The van der Waals surface area contributed by atoms with E-state index in [1.54, 1.807) is 18.3 Å². The Morgan fingerprint density at radius 2 is 1.96 bits per heavy atom. The molecular weight excluding hydrogens is 331 g/mol. The van der Waals surface area contributed by atoms with Crippen molar-refractivity contribution in [2.45, 2.75) is 32.2 Å². The summed E-state index contributed by atoms with van der Waals surface area (Å²) < 4.78 is 0. The van der Waals surface area contributed by atoms with Crippen LogP contribution in [-0.2, 0) is 0 Å². The van der Waals surface area contributed by atoms with Gasteiger partial charge in [0, 0.05) is 28.4 Å². The Balaban J connectivity index is 1.93. The molecule has 0 N–H and O–H groups in total. The summed E-state index contributed by atoms with van der Waals surface area (Å²) in [5, 5.41) is 1.04. The molecule has 1 aliphatic rings. The SMILES string of the molecule is Cc1c(Cl)cc(C(=O)N2CCCCC2c2ccccn2)cc1Cl. The molecule has 3 nitrogen and oxygen atoms in total. The molecule has 3 rings (SSSR count). The van der Waals surface area contributed by atoms with Crippen LogP contribution in [0.25, 0.3) is 0 Å². The fourth-order valence-corrected chi connectivity index (χ4v) is 3.48. The second-order valence-electron chi connectivity index (χ2n) is 5.83. The van der Waals surface area contributed by atoms with Crippen LogP contribution >= 0.6 is 23.2 Å². The Labute approximate surface area is 146 Å². The van der Waals surface area contributed by atoms with Gasteiger partial charge in [-0.2, -0.15) is 0 Å². The minimum Gasteiger partial charge on any atom is -0.330 e. The van der Waals surface area contributed by atoms with E-state index in [-0.39, 0.29) is 11.9 Å². The van der Waals surface area contributed by atoms with Crippen molar-refractivity contribution in [3.05, 3.63) is 63.4 Å². The average molecular weight is 349 g/mol. The number of rotatable bonds is 2. The molecule has 0 bridgehead atoms. The van der Waals surface area contributed by atoms with Crippen LogP contribution in [0, 0.1) is 6.92 Å². The van der Waals surface area contributed by atoms with E-state index in [0.29, 0.717) is 15.6 Å². The van der Waals surface area contributed by atoms with E-state index in [0.717, 1.165) is 37.1 Å². The molecule has 1 aliphatic heterocycles. The van der Waals surface area contributed by atoms with E-state index >= 15 is 0 Å². The lowest BCUT2D eigenvalue weighted by Gasteiger charge is -2.35. The molecule has 23 heavy (non-hydrogen) atoms. The number of nitrogens with zero attached hydrogens (tertiary/aromatic N) is 2. The molecular formula is C18H18Cl2N2O. The van der Waals surface area contributed by atoms with Crippen LogP contribution in [0.1, 0.15) is 46.9 Å². The van der Waals surface area contributed by atoms with Gasteiger partial charge < -0.3 is 4.90 Å². The van der Waals surface area contributed by atoms with Crippen molar-refractivity contribution < 1.29 is 4.79 Å². The normalized spacial score (nSPS) is 18.0. The van der Waals surface area contributed by atoms with E-state index in [4.69, 9.17) is 23.2 Å². The molecule has 120 valence electrons. The maximum absolute atomic E-state index is 13.0. The summed E-state index contributed by atoms with van der Waals surface area (Å²) in [4.78, 5) is 19.3. The predicted molar refractivity (Wildman–Crippen MR) is 93.1 cm³/mol. The minimum absolute atomic E-state index is 0.0105. The summed E-state index contributed by atoms with van der Waals surface area (Å²) >= 11 is 12.4. The van der Waals surface area contributed by atoms with Crippen LogP contribution in [0.3, 0.4) is 0 Å². The van der Waals surface area contributed by atoms with Crippen molar-refractivity contribution in [3.8, 4) is 0 Å². The molecule has 2 aromatic rings. The molecule has 0 aliphatic carbocycles. The molecule has 1 aromatic heterocycles. The average Bonchev–Trinajstić information content (AvgIpc) is 2.59. The topological polar surface area (TPSA) is 33.2 Å². The molecule has 0 radical (unpaired) electrons. The van der Waals surface area contributed by atoms with Crippen LogP contribution in [-0.4, -0.2) is 22.3 Å². The third-order valence-electron chi connectivity index (χ3n) is 4.32. The van der Waals surface area contributed by atoms with Gasteiger partial charge in [-0.25, -0.2) is 0 Å². The summed E-state index contributed by atoms with van der Waals surface area (Å²) in [6, 6.07) is 9.24. The second kappa shape index (κ2) is 6.90.